The van der Waals surface area contributed by atoms with E-state index in [1.807, 2.05) is 24.3 Å². The number of carbonyl (C=O) groups is 3. The number of aryl methyl sites for hydroxylation is 2. The molecule has 0 spiro atoms. The van der Waals surface area contributed by atoms with Gasteiger partial charge >= 0.3 is 11.9 Å². The van der Waals surface area contributed by atoms with E-state index in [-0.39, 0.29) is 36.0 Å². The second kappa shape index (κ2) is 13.3. The fourth-order valence-corrected chi connectivity index (χ4v) is 12.1. The van der Waals surface area contributed by atoms with Crippen LogP contribution < -0.4 is 20.5 Å². The number of hydrogen-bond donors (Lipinski definition) is 4. The maximum absolute atomic E-state index is 12.8. The first-order valence-electron chi connectivity index (χ1n) is 19.5. The summed E-state index contributed by atoms with van der Waals surface area (Å²) in [5.41, 5.74) is 11.2. The van der Waals surface area contributed by atoms with Crippen molar-refractivity contribution in [2.45, 2.75) is 127 Å². The predicted molar refractivity (Wildman–Crippen MR) is 191 cm³/mol. The molecule has 9 nitrogen and oxygen atoms in total. The van der Waals surface area contributed by atoms with Crippen LogP contribution in [0.3, 0.4) is 0 Å². The molecule has 6 aliphatic carbocycles. The highest BCUT2D eigenvalue weighted by Crippen LogP contribution is 2.62. The lowest BCUT2D eigenvalue weighted by Gasteiger charge is -2.50. The quantitative estimate of drug-likeness (QED) is 0.220. The number of aliphatic hydroxyl groups excluding tert-OH is 2. The molecule has 8 rings (SSSR count). The Kier molecular flexibility index (Phi) is 9.07. The van der Waals surface area contributed by atoms with Gasteiger partial charge in [0, 0.05) is 0 Å². The first kappa shape index (κ1) is 34.8. The zero-order valence-electron chi connectivity index (χ0n) is 30.1. The van der Waals surface area contributed by atoms with E-state index < -0.39 is 23.9 Å². The number of amides is 1. The molecule has 0 aromatic heterocycles. The third-order valence-corrected chi connectivity index (χ3v) is 14.9. The van der Waals surface area contributed by atoms with Gasteiger partial charge in [0.25, 0.3) is 0 Å². The van der Waals surface area contributed by atoms with E-state index in [4.69, 9.17) is 15.2 Å². The average molecular weight is 699 g/mol. The number of nitrogens with one attached hydrogen (secondary N) is 1. The van der Waals surface area contributed by atoms with E-state index >= 15 is 0 Å². The van der Waals surface area contributed by atoms with Crippen LogP contribution >= 0.6 is 0 Å². The fraction of sp³-hybridized carbons (Fsp3) is 0.643. The summed E-state index contributed by atoms with van der Waals surface area (Å²) in [6.07, 6.45) is 11.5. The molecule has 0 bridgehead atoms. The van der Waals surface area contributed by atoms with Gasteiger partial charge in [-0.1, -0.05) is 26.0 Å². The van der Waals surface area contributed by atoms with Crippen molar-refractivity contribution in [3.05, 3.63) is 58.7 Å². The third-order valence-electron chi connectivity index (χ3n) is 14.9. The van der Waals surface area contributed by atoms with Gasteiger partial charge in [-0.3, -0.25) is 9.59 Å². The van der Waals surface area contributed by atoms with Gasteiger partial charge in [-0.05, 0) is 170 Å². The third kappa shape index (κ3) is 6.11. The molecule has 0 radical (unpaired) electrons. The van der Waals surface area contributed by atoms with Crippen LogP contribution in [-0.2, 0) is 27.2 Å². The molecule has 0 heterocycles. The van der Waals surface area contributed by atoms with Gasteiger partial charge in [0.05, 0.1) is 24.7 Å². The molecule has 2 aromatic rings. The average Bonchev–Trinajstić information content (AvgIpc) is 3.60. The van der Waals surface area contributed by atoms with Gasteiger partial charge in [0.1, 0.15) is 18.0 Å². The van der Waals surface area contributed by atoms with Crippen molar-refractivity contribution < 1.29 is 34.1 Å². The number of aliphatic hydroxyl groups is 2. The highest BCUT2D eigenvalue weighted by Gasteiger charge is 2.55. The highest BCUT2D eigenvalue weighted by atomic mass is 16.5. The molecule has 4 saturated carbocycles. The Bertz CT molecular complexity index is 1710. The molecule has 6 aliphatic rings. The lowest BCUT2D eigenvalue weighted by atomic mass is 9.55. The summed E-state index contributed by atoms with van der Waals surface area (Å²) in [5, 5.41) is 23.9. The number of esters is 2. The molecule has 4 fully saturated rings. The van der Waals surface area contributed by atoms with Gasteiger partial charge in [-0.15, -0.1) is 0 Å². The second-order valence-corrected chi connectivity index (χ2v) is 17.3. The predicted octanol–water partition coefficient (Wildman–Crippen LogP) is 5.47. The van der Waals surface area contributed by atoms with Crippen molar-refractivity contribution >= 4 is 17.8 Å². The topological polar surface area (TPSA) is 148 Å². The molecule has 0 saturated heterocycles. The minimum atomic E-state index is -1.17. The van der Waals surface area contributed by atoms with Gasteiger partial charge in [-0.2, -0.15) is 0 Å². The van der Waals surface area contributed by atoms with Crippen LogP contribution in [0.5, 0.6) is 11.5 Å². The Labute approximate surface area is 301 Å². The van der Waals surface area contributed by atoms with Crippen LogP contribution in [0.4, 0.5) is 0 Å². The largest absolute Gasteiger partial charge is 0.426 e. The maximum atomic E-state index is 12.8. The van der Waals surface area contributed by atoms with E-state index in [1.54, 1.807) is 0 Å². The smallest absolute Gasteiger partial charge is 0.330 e. The van der Waals surface area contributed by atoms with Gasteiger partial charge in [0.15, 0.2) is 0 Å². The highest BCUT2D eigenvalue weighted by molar-refractivity contribution is 5.89. The summed E-state index contributed by atoms with van der Waals surface area (Å²) in [6, 6.07) is 10.6. The molecule has 0 aliphatic heterocycles. The monoisotopic (exact) mass is 698 g/mol. The van der Waals surface area contributed by atoms with Crippen LogP contribution in [0.25, 0.3) is 0 Å². The normalized spacial score (nSPS) is 36.6. The molecule has 11 atom stereocenters. The zero-order chi connectivity index (χ0) is 35.7. The maximum Gasteiger partial charge on any atom is 0.330 e. The molecular formula is C42H54N2O7. The Morgan fingerprint density at radius 1 is 0.745 bits per heavy atom. The number of ether oxygens (including phenoxy) is 2. The van der Waals surface area contributed by atoms with Gasteiger partial charge < -0.3 is 30.7 Å². The number of fused-ring (bicyclic) bond motifs is 10. The van der Waals surface area contributed by atoms with E-state index in [0.717, 1.165) is 77.0 Å². The first-order valence-corrected chi connectivity index (χ1v) is 19.5. The SMILES string of the molecule is C[C@]12CCC3c4ccc(OC(=O)CNC(=O)C(N)CC(=O)Oc5ccc6c(c5)CCC5C6CC[C@@]6(C)C5CC[C@@H]6O)cc4CCC3C1CC[C@@H]2O. The van der Waals surface area contributed by atoms with Crippen molar-refractivity contribution in [3.8, 4) is 11.5 Å². The van der Waals surface area contributed by atoms with Crippen LogP contribution in [0.1, 0.15) is 119 Å². The van der Waals surface area contributed by atoms with Crippen LogP contribution in [-0.4, -0.2) is 52.9 Å². The summed E-state index contributed by atoms with van der Waals surface area (Å²) in [4.78, 5) is 38.1. The molecule has 51 heavy (non-hydrogen) atoms. The Hall–Kier alpha value is -3.27. The Balaban J connectivity index is 0.803. The second-order valence-electron chi connectivity index (χ2n) is 17.3. The van der Waals surface area contributed by atoms with Crippen LogP contribution in [0.15, 0.2) is 36.4 Å². The summed E-state index contributed by atoms with van der Waals surface area (Å²) >= 11 is 0. The molecule has 5 N–H and O–H groups in total. The van der Waals surface area contributed by atoms with E-state index in [0.29, 0.717) is 47.0 Å². The van der Waals surface area contributed by atoms with Crippen molar-refractivity contribution in [2.24, 2.45) is 40.2 Å². The molecule has 1 amide bonds. The minimum absolute atomic E-state index is 0.0337. The Morgan fingerprint density at radius 3 is 1.75 bits per heavy atom. The number of carbonyl (C=O) groups excluding carboxylic acids is 3. The van der Waals surface area contributed by atoms with Crippen molar-refractivity contribution in [3.63, 3.8) is 0 Å². The fourth-order valence-electron chi connectivity index (χ4n) is 12.1. The molecule has 274 valence electrons. The van der Waals surface area contributed by atoms with Crippen molar-refractivity contribution in [2.75, 3.05) is 6.54 Å². The minimum Gasteiger partial charge on any atom is -0.426 e. The number of hydrogen-bond acceptors (Lipinski definition) is 8. The molecule has 7 unspecified atom stereocenters. The van der Waals surface area contributed by atoms with Gasteiger partial charge in [-0.25, -0.2) is 4.79 Å². The van der Waals surface area contributed by atoms with E-state index in [2.05, 4.69) is 31.3 Å². The van der Waals surface area contributed by atoms with Crippen LogP contribution in [0, 0.1) is 34.5 Å². The molecule has 9 heteroatoms. The summed E-state index contributed by atoms with van der Waals surface area (Å²) in [7, 11) is 0. The first-order chi connectivity index (χ1) is 24.4. The van der Waals surface area contributed by atoms with E-state index in [1.165, 1.54) is 22.3 Å². The standard InChI is InChI=1S/C42H54N2O7/c1-41-17-15-29-27-9-5-25(19-23(27)3-7-31(29)33(41)11-13-36(41)45)50-38(47)21-35(43)40(49)44-22-39(48)51-26-6-10-28-24(20-26)4-8-32-30(28)16-18-42(2)34(32)12-14-37(42)46/h5-6,9-10,19-20,29-37,45-46H,3-4,7-8,11-18,21-22,43H2,1-2H3,(H,44,49)/t29?,30?,31?,32?,33?,34?,35?,36-,37-,41-,42-/m0/s1. The van der Waals surface area contributed by atoms with E-state index in [9.17, 15) is 24.6 Å². The van der Waals surface area contributed by atoms with Crippen molar-refractivity contribution in [1.82, 2.24) is 5.32 Å². The van der Waals surface area contributed by atoms with Crippen LogP contribution in [0.2, 0.25) is 0 Å². The summed E-state index contributed by atoms with van der Waals surface area (Å²) in [5.74, 6) is 2.30. The molecule has 2 aromatic carbocycles. The summed E-state index contributed by atoms with van der Waals surface area (Å²) < 4.78 is 11.2. The molecular weight excluding hydrogens is 644 g/mol. The van der Waals surface area contributed by atoms with Crippen molar-refractivity contribution in [1.29, 1.82) is 0 Å². The lowest BCUT2D eigenvalue weighted by Crippen LogP contribution is -2.44. The lowest BCUT2D eigenvalue weighted by molar-refractivity contribution is -0.138. The number of benzene rings is 2. The number of rotatable bonds is 7. The number of nitrogens with two attached hydrogens (primary N) is 1. The zero-order valence-corrected chi connectivity index (χ0v) is 30.1. The van der Waals surface area contributed by atoms with Gasteiger partial charge in [0.2, 0.25) is 5.91 Å². The Morgan fingerprint density at radius 2 is 1.24 bits per heavy atom. The summed E-state index contributed by atoms with van der Waals surface area (Å²) in [6.45, 7) is 4.19.